The molecule has 2 aromatic rings. The maximum absolute atomic E-state index is 11.9. The predicted octanol–water partition coefficient (Wildman–Crippen LogP) is 3.71. The minimum atomic E-state index is -0.130. The number of aromatic nitrogens is 1. The van der Waals surface area contributed by atoms with Crippen molar-refractivity contribution >= 4 is 33.2 Å². The number of hydrogen-bond acceptors (Lipinski definition) is 3. The van der Waals surface area contributed by atoms with Crippen molar-refractivity contribution in [1.29, 1.82) is 0 Å². The van der Waals surface area contributed by atoms with Gasteiger partial charge in [-0.05, 0) is 31.5 Å². The topological polar surface area (TPSA) is 42.0 Å². The molecule has 0 aliphatic heterocycles. The van der Waals surface area contributed by atoms with Crippen molar-refractivity contribution in [3.05, 3.63) is 50.4 Å². The molecule has 1 N–H and O–H groups in total. The summed E-state index contributed by atoms with van der Waals surface area (Å²) in [5.41, 5.74) is 1.56. The van der Waals surface area contributed by atoms with Crippen molar-refractivity contribution in [2.24, 2.45) is 0 Å². The van der Waals surface area contributed by atoms with E-state index in [1.54, 1.807) is 5.38 Å². The van der Waals surface area contributed by atoms with Crippen LogP contribution in [0.15, 0.2) is 34.1 Å². The lowest BCUT2D eigenvalue weighted by Crippen LogP contribution is -2.26. The Morgan fingerprint density at radius 3 is 2.61 bits per heavy atom. The molecule has 5 heteroatoms. The average Bonchev–Trinajstić information content (AvgIpc) is 2.76. The summed E-state index contributed by atoms with van der Waals surface area (Å²) in [6.07, 6.45) is 0. The first-order valence-corrected chi connectivity index (χ1v) is 7.22. The summed E-state index contributed by atoms with van der Waals surface area (Å²) in [6, 6.07) is 7.87. The first-order valence-electron chi connectivity index (χ1n) is 5.54. The molecule has 0 spiro atoms. The molecule has 3 nitrogen and oxygen atoms in total. The number of rotatable bonds is 3. The highest BCUT2D eigenvalue weighted by Gasteiger charge is 2.13. The maximum atomic E-state index is 11.9. The summed E-state index contributed by atoms with van der Waals surface area (Å²) in [7, 11) is 0. The molecule has 0 aliphatic rings. The molecule has 0 radical (unpaired) electrons. The van der Waals surface area contributed by atoms with E-state index in [-0.39, 0.29) is 11.9 Å². The molecule has 1 heterocycles. The zero-order valence-corrected chi connectivity index (χ0v) is 12.5. The molecule has 18 heavy (non-hydrogen) atoms. The van der Waals surface area contributed by atoms with E-state index in [9.17, 15) is 4.79 Å². The van der Waals surface area contributed by atoms with Gasteiger partial charge >= 0.3 is 0 Å². The van der Waals surface area contributed by atoms with E-state index in [2.05, 4.69) is 26.2 Å². The fraction of sp³-hybridized carbons (Fsp3) is 0.231. The second kappa shape index (κ2) is 5.63. The zero-order chi connectivity index (χ0) is 13.1. The summed E-state index contributed by atoms with van der Waals surface area (Å²) in [6.45, 7) is 3.85. The van der Waals surface area contributed by atoms with Gasteiger partial charge in [-0.3, -0.25) is 4.79 Å². The number of carbonyl (C=O) groups excluding carboxylic acids is 1. The summed E-state index contributed by atoms with van der Waals surface area (Å²) < 4.78 is 1.03. The lowest BCUT2D eigenvalue weighted by Gasteiger charge is -2.13. The molecular weight excluding hydrogens is 312 g/mol. The number of halogens is 1. The molecule has 0 saturated heterocycles. The Bertz CT molecular complexity index is 550. The molecule has 0 aliphatic carbocycles. The lowest BCUT2D eigenvalue weighted by molar-refractivity contribution is 0.0935. The SMILES string of the molecule is Cc1nc(C(=O)NC(C)c2ccc(Br)cc2)cs1. The van der Waals surface area contributed by atoms with Crippen molar-refractivity contribution in [2.75, 3.05) is 0 Å². The van der Waals surface area contributed by atoms with Gasteiger partial charge in [0.15, 0.2) is 0 Å². The van der Waals surface area contributed by atoms with Gasteiger partial charge in [-0.15, -0.1) is 11.3 Å². The number of amides is 1. The van der Waals surface area contributed by atoms with Crippen molar-refractivity contribution in [3.63, 3.8) is 0 Å². The average molecular weight is 325 g/mol. The maximum Gasteiger partial charge on any atom is 0.271 e. The molecule has 1 atom stereocenters. The van der Waals surface area contributed by atoms with Crippen LogP contribution < -0.4 is 5.32 Å². The van der Waals surface area contributed by atoms with Crippen LogP contribution in [0.5, 0.6) is 0 Å². The Kier molecular flexibility index (Phi) is 4.14. The molecule has 94 valence electrons. The summed E-state index contributed by atoms with van der Waals surface area (Å²) >= 11 is 4.87. The third kappa shape index (κ3) is 3.17. The van der Waals surface area contributed by atoms with Crippen LogP contribution in [0, 0.1) is 6.92 Å². The van der Waals surface area contributed by atoms with Gasteiger partial charge in [-0.1, -0.05) is 28.1 Å². The molecule has 1 amide bonds. The number of benzene rings is 1. The van der Waals surface area contributed by atoms with Gasteiger partial charge in [0.25, 0.3) is 5.91 Å². The lowest BCUT2D eigenvalue weighted by atomic mass is 10.1. The molecule has 1 unspecified atom stereocenters. The number of nitrogens with zero attached hydrogens (tertiary/aromatic N) is 1. The van der Waals surface area contributed by atoms with Crippen molar-refractivity contribution in [2.45, 2.75) is 19.9 Å². The molecule has 0 bridgehead atoms. The van der Waals surface area contributed by atoms with E-state index in [0.29, 0.717) is 5.69 Å². The van der Waals surface area contributed by atoms with Crippen LogP contribution in [0.2, 0.25) is 0 Å². The van der Waals surface area contributed by atoms with E-state index in [1.807, 2.05) is 38.1 Å². The van der Waals surface area contributed by atoms with Crippen LogP contribution in [0.25, 0.3) is 0 Å². The Labute approximate surface area is 118 Å². The quantitative estimate of drug-likeness (QED) is 0.935. The van der Waals surface area contributed by atoms with Gasteiger partial charge in [0.1, 0.15) is 5.69 Å². The molecule has 1 aromatic heterocycles. The Morgan fingerprint density at radius 2 is 2.06 bits per heavy atom. The second-order valence-electron chi connectivity index (χ2n) is 4.00. The van der Waals surface area contributed by atoms with Crippen molar-refractivity contribution < 1.29 is 4.79 Å². The first kappa shape index (κ1) is 13.2. The minimum Gasteiger partial charge on any atom is -0.344 e. The van der Waals surface area contributed by atoms with Crippen LogP contribution in [0.3, 0.4) is 0 Å². The fourth-order valence-corrected chi connectivity index (χ4v) is 2.43. The van der Waals surface area contributed by atoms with E-state index >= 15 is 0 Å². The predicted molar refractivity (Wildman–Crippen MR) is 76.9 cm³/mol. The molecule has 0 saturated carbocycles. The van der Waals surface area contributed by atoms with Crippen LogP contribution in [0.1, 0.15) is 34.0 Å². The summed E-state index contributed by atoms with van der Waals surface area (Å²) in [5.74, 6) is -0.130. The molecular formula is C13H13BrN2OS. The van der Waals surface area contributed by atoms with Gasteiger partial charge in [-0.25, -0.2) is 4.98 Å². The number of hydrogen-bond donors (Lipinski definition) is 1. The summed E-state index contributed by atoms with van der Waals surface area (Å²) in [5, 5.41) is 5.61. The van der Waals surface area contributed by atoms with E-state index < -0.39 is 0 Å². The van der Waals surface area contributed by atoms with Crippen LogP contribution in [-0.2, 0) is 0 Å². The zero-order valence-electron chi connectivity index (χ0n) is 10.1. The van der Waals surface area contributed by atoms with Gasteiger partial charge in [0.2, 0.25) is 0 Å². The number of thiazole rings is 1. The van der Waals surface area contributed by atoms with E-state index in [4.69, 9.17) is 0 Å². The Balaban J connectivity index is 2.05. The third-order valence-electron chi connectivity index (χ3n) is 2.57. The Morgan fingerprint density at radius 1 is 1.39 bits per heavy atom. The molecule has 0 fully saturated rings. The highest BCUT2D eigenvalue weighted by molar-refractivity contribution is 9.10. The van der Waals surface area contributed by atoms with Gasteiger partial charge < -0.3 is 5.32 Å². The standard InChI is InChI=1S/C13H13BrN2OS/c1-8(10-3-5-11(14)6-4-10)15-13(17)12-7-18-9(2)16-12/h3-8H,1-2H3,(H,15,17). The van der Waals surface area contributed by atoms with Crippen molar-refractivity contribution in [1.82, 2.24) is 10.3 Å². The van der Waals surface area contributed by atoms with Crippen LogP contribution >= 0.6 is 27.3 Å². The third-order valence-corrected chi connectivity index (χ3v) is 3.87. The highest BCUT2D eigenvalue weighted by Crippen LogP contribution is 2.17. The number of nitrogens with one attached hydrogen (secondary N) is 1. The minimum absolute atomic E-state index is 0.0346. The fourth-order valence-electron chi connectivity index (χ4n) is 1.57. The van der Waals surface area contributed by atoms with Crippen LogP contribution in [-0.4, -0.2) is 10.9 Å². The normalized spacial score (nSPS) is 12.2. The number of aryl methyl sites for hydroxylation is 1. The molecule has 2 rings (SSSR count). The first-order chi connectivity index (χ1) is 8.56. The number of carbonyl (C=O) groups is 1. The largest absolute Gasteiger partial charge is 0.344 e. The second-order valence-corrected chi connectivity index (χ2v) is 5.98. The van der Waals surface area contributed by atoms with Crippen molar-refractivity contribution in [3.8, 4) is 0 Å². The summed E-state index contributed by atoms with van der Waals surface area (Å²) in [4.78, 5) is 16.1. The van der Waals surface area contributed by atoms with E-state index in [0.717, 1.165) is 15.0 Å². The van der Waals surface area contributed by atoms with Gasteiger partial charge in [0, 0.05) is 9.85 Å². The monoisotopic (exact) mass is 324 g/mol. The van der Waals surface area contributed by atoms with Gasteiger partial charge in [-0.2, -0.15) is 0 Å². The van der Waals surface area contributed by atoms with Crippen LogP contribution in [0.4, 0.5) is 0 Å². The smallest absolute Gasteiger partial charge is 0.271 e. The highest BCUT2D eigenvalue weighted by atomic mass is 79.9. The Hall–Kier alpha value is -1.20. The van der Waals surface area contributed by atoms with E-state index in [1.165, 1.54) is 11.3 Å². The molecule has 1 aromatic carbocycles. The van der Waals surface area contributed by atoms with Gasteiger partial charge in [0.05, 0.1) is 11.0 Å².